The third kappa shape index (κ3) is 5.47. The number of alkyl halides is 1. The van der Waals surface area contributed by atoms with Gasteiger partial charge in [-0.1, -0.05) is 6.92 Å². The molecule has 1 atom stereocenters. The van der Waals surface area contributed by atoms with Gasteiger partial charge in [0.05, 0.1) is 12.5 Å². The second-order valence-corrected chi connectivity index (χ2v) is 2.88. The Morgan fingerprint density at radius 2 is 2.15 bits per heavy atom. The van der Waals surface area contributed by atoms with Crippen molar-refractivity contribution in [2.24, 2.45) is 0 Å². The maximum absolute atomic E-state index is 11.1. The Hall–Kier alpha value is -0.770. The molecule has 0 saturated carbocycles. The van der Waals surface area contributed by atoms with Crippen LogP contribution in [0.15, 0.2) is 0 Å². The van der Waals surface area contributed by atoms with Crippen LogP contribution >= 0.6 is 11.6 Å². The monoisotopic (exact) mass is 207 g/mol. The molecule has 76 valence electrons. The van der Waals surface area contributed by atoms with Crippen LogP contribution in [0.25, 0.3) is 0 Å². The summed E-state index contributed by atoms with van der Waals surface area (Å²) in [5.74, 6) is -0.742. The van der Waals surface area contributed by atoms with E-state index in [-0.39, 0.29) is 11.8 Å². The molecule has 13 heavy (non-hydrogen) atoms. The molecule has 0 aromatic rings. The first kappa shape index (κ1) is 12.2. The van der Waals surface area contributed by atoms with Gasteiger partial charge in [0.1, 0.15) is 6.04 Å². The maximum Gasteiger partial charge on any atom is 0.329 e. The molecule has 0 rings (SSSR count). The summed E-state index contributed by atoms with van der Waals surface area (Å²) < 4.78 is 4.81. The second-order valence-electron chi connectivity index (χ2n) is 2.57. The van der Waals surface area contributed by atoms with Gasteiger partial charge in [0.2, 0.25) is 5.91 Å². The van der Waals surface area contributed by atoms with E-state index in [1.807, 2.05) is 6.92 Å². The summed E-state index contributed by atoms with van der Waals surface area (Å²) in [5, 5.41) is 2.39. The Morgan fingerprint density at radius 3 is 2.54 bits per heavy atom. The SMILES string of the molecule is CCCOC(=O)C(CCl)NC(C)=O. The van der Waals surface area contributed by atoms with Crippen LogP contribution in [0.1, 0.15) is 20.3 Å². The number of ether oxygens (including phenoxy) is 1. The fourth-order valence-electron chi connectivity index (χ4n) is 0.709. The van der Waals surface area contributed by atoms with E-state index >= 15 is 0 Å². The van der Waals surface area contributed by atoms with Crippen molar-refractivity contribution in [1.82, 2.24) is 5.32 Å². The molecule has 5 heteroatoms. The second kappa shape index (κ2) is 6.71. The highest BCUT2D eigenvalue weighted by Gasteiger charge is 2.19. The zero-order valence-corrected chi connectivity index (χ0v) is 8.56. The van der Waals surface area contributed by atoms with Crippen LogP contribution in [-0.2, 0) is 14.3 Å². The van der Waals surface area contributed by atoms with Crippen molar-refractivity contribution in [3.8, 4) is 0 Å². The predicted molar refractivity (Wildman–Crippen MR) is 49.6 cm³/mol. The Bertz CT molecular complexity index is 184. The topological polar surface area (TPSA) is 55.4 Å². The van der Waals surface area contributed by atoms with Gasteiger partial charge in [-0.15, -0.1) is 11.6 Å². The van der Waals surface area contributed by atoms with Gasteiger partial charge < -0.3 is 10.1 Å². The van der Waals surface area contributed by atoms with E-state index in [1.54, 1.807) is 0 Å². The number of amides is 1. The van der Waals surface area contributed by atoms with Crippen molar-refractivity contribution >= 4 is 23.5 Å². The third-order valence-electron chi connectivity index (χ3n) is 1.26. The van der Waals surface area contributed by atoms with Gasteiger partial charge in [0, 0.05) is 6.92 Å². The summed E-state index contributed by atoms with van der Waals surface area (Å²) in [4.78, 5) is 21.8. The van der Waals surface area contributed by atoms with Gasteiger partial charge >= 0.3 is 5.97 Å². The van der Waals surface area contributed by atoms with Gasteiger partial charge in [-0.05, 0) is 6.42 Å². The number of hydrogen-bond donors (Lipinski definition) is 1. The van der Waals surface area contributed by atoms with Crippen LogP contribution in [0.5, 0.6) is 0 Å². The van der Waals surface area contributed by atoms with E-state index in [0.29, 0.717) is 6.61 Å². The van der Waals surface area contributed by atoms with Crippen molar-refractivity contribution in [2.45, 2.75) is 26.3 Å². The largest absolute Gasteiger partial charge is 0.464 e. The van der Waals surface area contributed by atoms with Crippen LogP contribution < -0.4 is 5.32 Å². The molecular weight excluding hydrogens is 194 g/mol. The number of carbonyl (C=O) groups excluding carboxylic acids is 2. The smallest absolute Gasteiger partial charge is 0.329 e. The van der Waals surface area contributed by atoms with Gasteiger partial charge in [-0.25, -0.2) is 4.79 Å². The number of halogens is 1. The molecule has 0 bridgehead atoms. The van der Waals surface area contributed by atoms with Crippen molar-refractivity contribution in [2.75, 3.05) is 12.5 Å². The van der Waals surface area contributed by atoms with Crippen LogP contribution in [0.3, 0.4) is 0 Å². The van der Waals surface area contributed by atoms with E-state index < -0.39 is 12.0 Å². The lowest BCUT2D eigenvalue weighted by Crippen LogP contribution is -2.42. The van der Waals surface area contributed by atoms with E-state index in [9.17, 15) is 9.59 Å². The Balaban J connectivity index is 3.92. The standard InChI is InChI=1S/C8H14ClNO3/c1-3-4-13-8(12)7(5-9)10-6(2)11/h7H,3-5H2,1-2H3,(H,10,11). The Morgan fingerprint density at radius 1 is 1.54 bits per heavy atom. The van der Waals surface area contributed by atoms with Gasteiger partial charge in [-0.2, -0.15) is 0 Å². The maximum atomic E-state index is 11.1. The lowest BCUT2D eigenvalue weighted by Gasteiger charge is -2.13. The highest BCUT2D eigenvalue weighted by atomic mass is 35.5. The van der Waals surface area contributed by atoms with Gasteiger partial charge in [-0.3, -0.25) is 4.79 Å². The van der Waals surface area contributed by atoms with Crippen molar-refractivity contribution in [1.29, 1.82) is 0 Å². The van der Waals surface area contributed by atoms with Gasteiger partial charge in [0.25, 0.3) is 0 Å². The lowest BCUT2D eigenvalue weighted by molar-refractivity contribution is -0.147. The molecule has 0 saturated heterocycles. The Labute approximate surface area is 82.6 Å². The molecule has 1 unspecified atom stereocenters. The zero-order chi connectivity index (χ0) is 10.3. The summed E-state index contributed by atoms with van der Waals surface area (Å²) in [6.45, 7) is 3.57. The molecule has 1 N–H and O–H groups in total. The quantitative estimate of drug-likeness (QED) is 0.533. The molecule has 0 aromatic carbocycles. The molecule has 0 fully saturated rings. The minimum atomic E-state index is -0.731. The number of hydrogen-bond acceptors (Lipinski definition) is 3. The summed E-state index contributed by atoms with van der Waals surface area (Å²) in [6.07, 6.45) is 0.751. The molecule has 4 nitrogen and oxygen atoms in total. The summed E-state index contributed by atoms with van der Waals surface area (Å²) >= 11 is 5.47. The predicted octanol–water partition coefficient (Wildman–Crippen LogP) is 0.683. The number of nitrogens with one attached hydrogen (secondary N) is 1. The summed E-state index contributed by atoms with van der Waals surface area (Å²) in [6, 6.07) is -0.731. The molecule has 1 amide bonds. The lowest BCUT2D eigenvalue weighted by atomic mass is 10.3. The molecule has 0 aliphatic heterocycles. The van der Waals surface area contributed by atoms with Crippen LogP contribution in [-0.4, -0.2) is 30.4 Å². The number of esters is 1. The first-order valence-electron chi connectivity index (χ1n) is 4.11. The van der Waals surface area contributed by atoms with Crippen LogP contribution in [0.2, 0.25) is 0 Å². The Kier molecular flexibility index (Phi) is 6.32. The molecule has 0 spiro atoms. The molecule has 0 radical (unpaired) electrons. The molecule has 0 aliphatic carbocycles. The van der Waals surface area contributed by atoms with Crippen molar-refractivity contribution in [3.05, 3.63) is 0 Å². The van der Waals surface area contributed by atoms with E-state index in [1.165, 1.54) is 6.92 Å². The minimum absolute atomic E-state index is 0.0299. The van der Waals surface area contributed by atoms with Crippen LogP contribution in [0, 0.1) is 0 Å². The van der Waals surface area contributed by atoms with E-state index in [2.05, 4.69) is 5.32 Å². The molecular formula is C8H14ClNO3. The highest BCUT2D eigenvalue weighted by Crippen LogP contribution is 1.94. The van der Waals surface area contributed by atoms with Gasteiger partial charge in [0.15, 0.2) is 0 Å². The zero-order valence-electron chi connectivity index (χ0n) is 7.80. The van der Waals surface area contributed by atoms with E-state index in [0.717, 1.165) is 6.42 Å². The highest BCUT2D eigenvalue weighted by molar-refractivity contribution is 6.19. The minimum Gasteiger partial charge on any atom is -0.464 e. The van der Waals surface area contributed by atoms with Crippen LogP contribution in [0.4, 0.5) is 0 Å². The fraction of sp³-hybridized carbons (Fsp3) is 0.750. The average molecular weight is 208 g/mol. The molecule has 0 aliphatic rings. The first-order valence-corrected chi connectivity index (χ1v) is 4.65. The number of rotatable bonds is 5. The molecule has 0 aromatic heterocycles. The molecule has 0 heterocycles. The average Bonchev–Trinajstić information content (AvgIpc) is 2.09. The van der Waals surface area contributed by atoms with E-state index in [4.69, 9.17) is 16.3 Å². The third-order valence-corrected chi connectivity index (χ3v) is 1.57. The summed E-state index contributed by atoms with van der Waals surface area (Å²) in [5.41, 5.74) is 0. The first-order chi connectivity index (χ1) is 6.11. The van der Waals surface area contributed by atoms with Crippen molar-refractivity contribution < 1.29 is 14.3 Å². The normalized spacial score (nSPS) is 11.9. The fourth-order valence-corrected chi connectivity index (χ4v) is 0.912. The summed E-state index contributed by atoms with van der Waals surface area (Å²) in [7, 11) is 0. The van der Waals surface area contributed by atoms with Crippen molar-refractivity contribution in [3.63, 3.8) is 0 Å². The number of carbonyl (C=O) groups is 2.